The molecule has 0 saturated heterocycles. The number of nitrogens with zero attached hydrogens (tertiary/aromatic N) is 1. The van der Waals surface area contributed by atoms with E-state index in [1.165, 1.54) is 0 Å². The van der Waals surface area contributed by atoms with Crippen LogP contribution in [0.2, 0.25) is 5.02 Å². The Hall–Kier alpha value is -0.650. The molecule has 14 heavy (non-hydrogen) atoms. The molecule has 0 aliphatic heterocycles. The smallest absolute Gasteiger partial charge is 0.210 e. The number of hydrogen-bond acceptors (Lipinski definition) is 4. The van der Waals surface area contributed by atoms with E-state index < -0.39 is 9.84 Å². The Morgan fingerprint density at radius 3 is 2.79 bits per heavy atom. The molecule has 2 aromatic rings. The van der Waals surface area contributed by atoms with E-state index in [1.54, 1.807) is 18.2 Å². The summed E-state index contributed by atoms with van der Waals surface area (Å²) in [6, 6.07) is 5.11. The lowest BCUT2D eigenvalue weighted by atomic mass is 10.3. The molecule has 0 aliphatic carbocycles. The quantitative estimate of drug-likeness (QED) is 0.777. The fourth-order valence-corrected chi connectivity index (χ4v) is 3.15. The third-order valence-corrected chi connectivity index (χ3v) is 4.58. The summed E-state index contributed by atoms with van der Waals surface area (Å²) in [6.07, 6.45) is 1.15. The van der Waals surface area contributed by atoms with Gasteiger partial charge in [0.2, 0.25) is 14.2 Å². The van der Waals surface area contributed by atoms with Gasteiger partial charge in [0.05, 0.1) is 10.2 Å². The third kappa shape index (κ3) is 1.75. The van der Waals surface area contributed by atoms with Crippen LogP contribution in [0.1, 0.15) is 0 Å². The molecule has 0 spiro atoms. The number of thiazole rings is 1. The van der Waals surface area contributed by atoms with E-state index in [0.717, 1.165) is 22.3 Å². The molecule has 0 amide bonds. The largest absolute Gasteiger partial charge is 0.225 e. The number of fused-ring (bicyclic) bond motifs is 1. The Morgan fingerprint density at radius 1 is 1.43 bits per heavy atom. The van der Waals surface area contributed by atoms with Crippen LogP contribution in [-0.2, 0) is 9.84 Å². The van der Waals surface area contributed by atoms with Crippen molar-refractivity contribution in [2.45, 2.75) is 4.34 Å². The number of benzene rings is 1. The molecule has 74 valence electrons. The highest BCUT2D eigenvalue weighted by molar-refractivity contribution is 7.92. The SMILES string of the molecule is CS(=O)(=O)c1nc2ccc(Cl)cc2s1. The predicted octanol–water partition coefficient (Wildman–Crippen LogP) is 2.35. The lowest BCUT2D eigenvalue weighted by molar-refractivity contribution is 0.601. The first kappa shape index (κ1) is 9.89. The van der Waals surface area contributed by atoms with Crippen molar-refractivity contribution in [2.75, 3.05) is 6.26 Å². The van der Waals surface area contributed by atoms with Crippen molar-refractivity contribution >= 4 is 43.0 Å². The molecule has 0 fully saturated rings. The third-order valence-electron chi connectivity index (χ3n) is 1.65. The van der Waals surface area contributed by atoms with Gasteiger partial charge < -0.3 is 0 Å². The van der Waals surface area contributed by atoms with E-state index in [2.05, 4.69) is 4.98 Å². The normalized spacial score (nSPS) is 12.1. The van der Waals surface area contributed by atoms with Crippen molar-refractivity contribution in [3.63, 3.8) is 0 Å². The average Bonchev–Trinajstić information content (AvgIpc) is 2.45. The van der Waals surface area contributed by atoms with Crippen LogP contribution in [0.25, 0.3) is 10.2 Å². The summed E-state index contributed by atoms with van der Waals surface area (Å²) in [4.78, 5) is 4.00. The second kappa shape index (κ2) is 3.18. The summed E-state index contributed by atoms with van der Waals surface area (Å²) in [5.74, 6) is 0. The predicted molar refractivity (Wildman–Crippen MR) is 57.7 cm³/mol. The molecule has 1 aromatic carbocycles. The summed E-state index contributed by atoms with van der Waals surface area (Å²) in [6.45, 7) is 0. The van der Waals surface area contributed by atoms with Gasteiger partial charge >= 0.3 is 0 Å². The Morgan fingerprint density at radius 2 is 2.14 bits per heavy atom. The topological polar surface area (TPSA) is 47.0 Å². The van der Waals surface area contributed by atoms with Crippen molar-refractivity contribution in [1.82, 2.24) is 4.98 Å². The first-order chi connectivity index (χ1) is 6.47. The molecular formula is C8H6ClNO2S2. The summed E-state index contributed by atoms with van der Waals surface area (Å²) in [5, 5.41) is 0.584. The first-order valence-corrected chi connectivity index (χ1v) is 6.81. The van der Waals surface area contributed by atoms with Crippen molar-refractivity contribution in [3.8, 4) is 0 Å². The maximum atomic E-state index is 11.2. The fraction of sp³-hybridized carbons (Fsp3) is 0.125. The second-order valence-electron chi connectivity index (χ2n) is 2.86. The Labute approximate surface area is 90.3 Å². The van der Waals surface area contributed by atoms with Crippen molar-refractivity contribution in [1.29, 1.82) is 0 Å². The van der Waals surface area contributed by atoms with Gasteiger partial charge in [-0.2, -0.15) is 0 Å². The van der Waals surface area contributed by atoms with Crippen LogP contribution >= 0.6 is 22.9 Å². The molecule has 2 rings (SSSR count). The molecule has 0 radical (unpaired) electrons. The minimum atomic E-state index is -3.21. The summed E-state index contributed by atoms with van der Waals surface area (Å²) in [7, 11) is -3.21. The molecule has 0 N–H and O–H groups in total. The van der Waals surface area contributed by atoms with Gasteiger partial charge in [-0.1, -0.05) is 11.6 Å². The molecule has 0 atom stereocenters. The Kier molecular flexibility index (Phi) is 2.25. The van der Waals surface area contributed by atoms with E-state index >= 15 is 0 Å². The minimum Gasteiger partial charge on any atom is -0.225 e. The van der Waals surface area contributed by atoms with Crippen molar-refractivity contribution in [3.05, 3.63) is 23.2 Å². The fourth-order valence-electron chi connectivity index (χ4n) is 1.04. The van der Waals surface area contributed by atoms with Crippen LogP contribution < -0.4 is 0 Å². The van der Waals surface area contributed by atoms with Gasteiger partial charge in [-0.15, -0.1) is 11.3 Å². The maximum absolute atomic E-state index is 11.2. The van der Waals surface area contributed by atoms with Crippen molar-refractivity contribution in [2.24, 2.45) is 0 Å². The van der Waals surface area contributed by atoms with Gasteiger partial charge in [0.1, 0.15) is 0 Å². The molecule has 0 aliphatic rings. The summed E-state index contributed by atoms with van der Waals surface area (Å²) >= 11 is 6.91. The highest BCUT2D eigenvalue weighted by atomic mass is 35.5. The zero-order chi connectivity index (χ0) is 10.3. The zero-order valence-electron chi connectivity index (χ0n) is 7.19. The van der Waals surface area contributed by atoms with Crippen LogP contribution in [0, 0.1) is 0 Å². The lowest BCUT2D eigenvalue weighted by Crippen LogP contribution is -1.94. The minimum absolute atomic E-state index is 0.134. The van der Waals surface area contributed by atoms with Gasteiger partial charge in [-0.3, -0.25) is 0 Å². The van der Waals surface area contributed by atoms with Crippen LogP contribution in [0.4, 0.5) is 0 Å². The molecule has 1 aromatic heterocycles. The summed E-state index contributed by atoms with van der Waals surface area (Å²) < 4.78 is 23.3. The van der Waals surface area contributed by atoms with Crippen LogP contribution in [0.5, 0.6) is 0 Å². The number of hydrogen-bond donors (Lipinski definition) is 0. The molecule has 0 saturated carbocycles. The number of rotatable bonds is 1. The highest BCUT2D eigenvalue weighted by Crippen LogP contribution is 2.27. The summed E-state index contributed by atoms with van der Waals surface area (Å²) in [5.41, 5.74) is 0.667. The van der Waals surface area contributed by atoms with Crippen LogP contribution in [0.3, 0.4) is 0 Å². The number of aromatic nitrogens is 1. The van der Waals surface area contributed by atoms with E-state index in [9.17, 15) is 8.42 Å². The molecule has 1 heterocycles. The van der Waals surface area contributed by atoms with Gasteiger partial charge in [-0.25, -0.2) is 13.4 Å². The second-order valence-corrected chi connectivity index (χ2v) is 6.52. The Balaban J connectivity index is 2.75. The monoisotopic (exact) mass is 247 g/mol. The zero-order valence-corrected chi connectivity index (χ0v) is 9.58. The molecule has 3 nitrogen and oxygen atoms in total. The van der Waals surface area contributed by atoms with Gasteiger partial charge in [0, 0.05) is 11.3 Å². The number of halogens is 1. The van der Waals surface area contributed by atoms with E-state index in [-0.39, 0.29) is 4.34 Å². The van der Waals surface area contributed by atoms with E-state index in [4.69, 9.17) is 11.6 Å². The molecule has 0 bridgehead atoms. The molecule has 0 unspecified atom stereocenters. The van der Waals surface area contributed by atoms with Crippen LogP contribution in [-0.4, -0.2) is 19.7 Å². The number of sulfone groups is 1. The van der Waals surface area contributed by atoms with Gasteiger partial charge in [0.15, 0.2) is 0 Å². The highest BCUT2D eigenvalue weighted by Gasteiger charge is 2.13. The van der Waals surface area contributed by atoms with Crippen LogP contribution in [0.15, 0.2) is 22.5 Å². The van der Waals surface area contributed by atoms with Gasteiger partial charge in [-0.05, 0) is 18.2 Å². The maximum Gasteiger partial charge on any atom is 0.210 e. The molecule has 6 heteroatoms. The van der Waals surface area contributed by atoms with Gasteiger partial charge in [0.25, 0.3) is 0 Å². The first-order valence-electron chi connectivity index (χ1n) is 3.73. The average molecular weight is 248 g/mol. The molecular weight excluding hydrogens is 242 g/mol. The standard InChI is InChI=1S/C8H6ClNO2S2/c1-14(11,12)8-10-6-3-2-5(9)4-7(6)13-8/h2-4H,1H3. The van der Waals surface area contributed by atoms with E-state index in [1.807, 2.05) is 0 Å². The Bertz CT molecular complexity index is 588. The lowest BCUT2D eigenvalue weighted by Gasteiger charge is -1.86. The van der Waals surface area contributed by atoms with Crippen molar-refractivity contribution < 1.29 is 8.42 Å². The van der Waals surface area contributed by atoms with E-state index in [0.29, 0.717) is 10.5 Å².